The van der Waals surface area contributed by atoms with Gasteiger partial charge in [0.2, 0.25) is 0 Å². The Kier molecular flexibility index (Phi) is 5.08. The average Bonchev–Trinajstić information content (AvgIpc) is 2.50. The summed E-state index contributed by atoms with van der Waals surface area (Å²) in [5.41, 5.74) is 0.744. The number of hydrogen-bond donors (Lipinski definition) is 2. The molecule has 0 fully saturated rings. The van der Waals surface area contributed by atoms with Crippen LogP contribution in [0.15, 0.2) is 41.5 Å². The van der Waals surface area contributed by atoms with Crippen LogP contribution in [-0.4, -0.2) is 17.2 Å². The van der Waals surface area contributed by atoms with Crippen LogP contribution in [0, 0.1) is 5.82 Å². The Labute approximate surface area is 138 Å². The normalized spacial score (nSPS) is 11.7. The Morgan fingerprint density at radius 3 is 2.42 bits per heavy atom. The molecule has 0 aliphatic carbocycles. The highest BCUT2D eigenvalue weighted by Gasteiger charge is 2.32. The zero-order chi connectivity index (χ0) is 17.9. The van der Waals surface area contributed by atoms with E-state index in [1.807, 2.05) is 5.43 Å². The molecule has 0 heterocycles. The maximum Gasteiger partial charge on any atom is 0.416 e. The van der Waals surface area contributed by atoms with Gasteiger partial charge >= 0.3 is 6.18 Å². The average molecular weight is 361 g/mol. The molecule has 0 saturated heterocycles. The number of carbonyl (C=O) groups is 1. The van der Waals surface area contributed by atoms with Crippen molar-refractivity contribution in [2.24, 2.45) is 5.10 Å². The molecular formula is C15H9ClF4N2O2. The lowest BCUT2D eigenvalue weighted by atomic mass is 10.1. The number of nitrogens with one attached hydrogen (secondary N) is 1. The fourth-order valence-electron chi connectivity index (χ4n) is 1.71. The van der Waals surface area contributed by atoms with Gasteiger partial charge in [-0.05, 0) is 36.4 Å². The summed E-state index contributed by atoms with van der Waals surface area (Å²) in [6, 6.07) is 5.76. The maximum absolute atomic E-state index is 12.7. The van der Waals surface area contributed by atoms with E-state index in [-0.39, 0.29) is 11.1 Å². The van der Waals surface area contributed by atoms with Gasteiger partial charge in [0.25, 0.3) is 5.91 Å². The highest BCUT2D eigenvalue weighted by atomic mass is 35.5. The second-order valence-electron chi connectivity index (χ2n) is 4.60. The minimum absolute atomic E-state index is 0.0971. The number of alkyl halides is 3. The summed E-state index contributed by atoms with van der Waals surface area (Å²) in [6.07, 6.45) is -3.84. The van der Waals surface area contributed by atoms with Crippen LogP contribution < -0.4 is 5.43 Å². The van der Waals surface area contributed by atoms with Crippen molar-refractivity contribution in [3.63, 3.8) is 0 Å². The van der Waals surface area contributed by atoms with Gasteiger partial charge in [0.05, 0.1) is 16.8 Å². The number of amides is 1. The van der Waals surface area contributed by atoms with Crippen molar-refractivity contribution in [1.82, 2.24) is 5.43 Å². The van der Waals surface area contributed by atoms with Gasteiger partial charge in [-0.3, -0.25) is 4.79 Å². The molecule has 24 heavy (non-hydrogen) atoms. The zero-order valence-corrected chi connectivity index (χ0v) is 12.5. The number of nitrogens with zero attached hydrogens (tertiary/aromatic N) is 1. The minimum Gasteiger partial charge on any atom is -0.506 e. The van der Waals surface area contributed by atoms with Crippen molar-refractivity contribution in [3.8, 4) is 5.75 Å². The van der Waals surface area contributed by atoms with Crippen LogP contribution in [0.3, 0.4) is 0 Å². The van der Waals surface area contributed by atoms with E-state index in [1.165, 1.54) is 12.1 Å². The standard InChI is InChI=1S/C15H9ClF4N2O2/c16-12-6-10(15(18,19)20)5-9(13(12)23)7-21-22-14(24)8-1-3-11(17)4-2-8/h1-7,23H,(H,22,24)/b21-7+. The molecule has 9 heteroatoms. The van der Waals surface area contributed by atoms with Gasteiger partial charge in [0.15, 0.2) is 0 Å². The van der Waals surface area contributed by atoms with Gasteiger partial charge in [-0.15, -0.1) is 0 Å². The number of halogens is 5. The number of rotatable bonds is 3. The summed E-state index contributed by atoms with van der Waals surface area (Å²) in [7, 11) is 0. The van der Waals surface area contributed by atoms with E-state index in [4.69, 9.17) is 11.6 Å². The Morgan fingerprint density at radius 1 is 1.21 bits per heavy atom. The third-order valence-corrected chi connectivity index (χ3v) is 3.18. The summed E-state index contributed by atoms with van der Waals surface area (Å²) in [5.74, 6) is -1.84. The van der Waals surface area contributed by atoms with Gasteiger partial charge in [0, 0.05) is 11.1 Å². The first-order valence-electron chi connectivity index (χ1n) is 6.37. The number of benzene rings is 2. The lowest BCUT2D eigenvalue weighted by Crippen LogP contribution is -2.17. The number of hydrazone groups is 1. The van der Waals surface area contributed by atoms with Crippen molar-refractivity contribution in [1.29, 1.82) is 0 Å². The summed E-state index contributed by atoms with van der Waals surface area (Å²) >= 11 is 5.54. The first-order chi connectivity index (χ1) is 11.2. The SMILES string of the molecule is O=C(N/N=C/c1cc(C(F)(F)F)cc(Cl)c1O)c1ccc(F)cc1. The van der Waals surface area contributed by atoms with Crippen LogP contribution in [0.25, 0.3) is 0 Å². The van der Waals surface area contributed by atoms with Crippen molar-refractivity contribution < 1.29 is 27.5 Å². The topological polar surface area (TPSA) is 61.7 Å². The zero-order valence-electron chi connectivity index (χ0n) is 11.7. The first-order valence-corrected chi connectivity index (χ1v) is 6.75. The molecule has 0 spiro atoms. The highest BCUT2D eigenvalue weighted by Crippen LogP contribution is 2.36. The quantitative estimate of drug-likeness (QED) is 0.494. The Hall–Kier alpha value is -2.61. The van der Waals surface area contributed by atoms with Crippen LogP contribution in [0.5, 0.6) is 5.75 Å². The predicted octanol–water partition coefficient (Wildman–Crippen LogP) is 3.97. The molecular weight excluding hydrogens is 352 g/mol. The van der Waals surface area contributed by atoms with Crippen LogP contribution in [-0.2, 0) is 6.18 Å². The molecule has 1 amide bonds. The second kappa shape index (κ2) is 6.88. The van der Waals surface area contributed by atoms with Crippen LogP contribution in [0.2, 0.25) is 5.02 Å². The molecule has 0 saturated carbocycles. The Bertz CT molecular complexity index is 789. The maximum atomic E-state index is 12.7. The van der Waals surface area contributed by atoms with Gasteiger partial charge in [-0.25, -0.2) is 9.82 Å². The predicted molar refractivity (Wildman–Crippen MR) is 79.6 cm³/mol. The molecule has 0 unspecified atom stereocenters. The third kappa shape index (κ3) is 4.23. The van der Waals surface area contributed by atoms with Crippen molar-refractivity contribution in [2.45, 2.75) is 6.18 Å². The van der Waals surface area contributed by atoms with Crippen molar-refractivity contribution >= 4 is 23.7 Å². The lowest BCUT2D eigenvalue weighted by Gasteiger charge is -2.09. The molecule has 0 radical (unpaired) electrons. The van der Waals surface area contributed by atoms with E-state index in [1.54, 1.807) is 0 Å². The first kappa shape index (κ1) is 17.7. The summed E-state index contributed by atoms with van der Waals surface area (Å²) in [4.78, 5) is 11.7. The smallest absolute Gasteiger partial charge is 0.416 e. The van der Waals surface area contributed by atoms with Gasteiger partial charge < -0.3 is 5.11 Å². The Morgan fingerprint density at radius 2 is 1.83 bits per heavy atom. The van der Waals surface area contributed by atoms with Crippen LogP contribution in [0.4, 0.5) is 17.6 Å². The van der Waals surface area contributed by atoms with Gasteiger partial charge in [-0.2, -0.15) is 18.3 Å². The molecule has 0 bridgehead atoms. The molecule has 2 N–H and O–H groups in total. The van der Waals surface area contributed by atoms with Crippen LogP contribution in [0.1, 0.15) is 21.5 Å². The summed E-state index contributed by atoms with van der Waals surface area (Å²) in [5, 5.41) is 12.6. The molecule has 0 aliphatic heterocycles. The second-order valence-corrected chi connectivity index (χ2v) is 5.01. The minimum atomic E-state index is -4.66. The van der Waals surface area contributed by atoms with Crippen molar-refractivity contribution in [2.75, 3.05) is 0 Å². The van der Waals surface area contributed by atoms with E-state index in [0.29, 0.717) is 12.1 Å². The lowest BCUT2D eigenvalue weighted by molar-refractivity contribution is -0.137. The van der Waals surface area contributed by atoms with E-state index in [2.05, 4.69) is 5.10 Å². The largest absolute Gasteiger partial charge is 0.506 e. The molecule has 126 valence electrons. The molecule has 0 aliphatic rings. The van der Waals surface area contributed by atoms with E-state index < -0.39 is 34.2 Å². The molecule has 0 atom stereocenters. The molecule has 4 nitrogen and oxygen atoms in total. The molecule has 2 aromatic carbocycles. The van der Waals surface area contributed by atoms with Crippen molar-refractivity contribution in [3.05, 3.63) is 63.9 Å². The monoisotopic (exact) mass is 360 g/mol. The van der Waals surface area contributed by atoms with E-state index >= 15 is 0 Å². The fraction of sp³-hybridized carbons (Fsp3) is 0.0667. The van der Waals surface area contributed by atoms with Gasteiger partial charge in [0.1, 0.15) is 11.6 Å². The number of phenols is 1. The molecule has 2 rings (SSSR count). The summed E-state index contributed by atoms with van der Waals surface area (Å²) in [6.45, 7) is 0. The number of aromatic hydroxyl groups is 1. The molecule has 0 aromatic heterocycles. The summed E-state index contributed by atoms with van der Waals surface area (Å²) < 4.78 is 50.8. The number of hydrogen-bond acceptors (Lipinski definition) is 3. The highest BCUT2D eigenvalue weighted by molar-refractivity contribution is 6.32. The number of phenolic OH excluding ortho intramolecular Hbond substituents is 1. The molecule has 2 aromatic rings. The Balaban J connectivity index is 2.18. The fourth-order valence-corrected chi connectivity index (χ4v) is 1.94. The third-order valence-electron chi connectivity index (χ3n) is 2.90. The van der Waals surface area contributed by atoms with Crippen LogP contribution >= 0.6 is 11.6 Å². The van der Waals surface area contributed by atoms with Gasteiger partial charge in [-0.1, -0.05) is 11.6 Å². The van der Waals surface area contributed by atoms with E-state index in [0.717, 1.165) is 18.3 Å². The number of carbonyl (C=O) groups excluding carboxylic acids is 1. The van der Waals surface area contributed by atoms with E-state index in [9.17, 15) is 27.5 Å².